The predicted octanol–water partition coefficient (Wildman–Crippen LogP) is 5.95. The summed E-state index contributed by atoms with van der Waals surface area (Å²) >= 11 is -2.30. The molecule has 2 aromatic heterocycles. The van der Waals surface area contributed by atoms with Crippen molar-refractivity contribution in [1.82, 2.24) is 14.8 Å². The minimum atomic E-state index is -1.17. The van der Waals surface area contributed by atoms with E-state index < -0.39 is 32.0 Å². The fourth-order valence-corrected chi connectivity index (χ4v) is 29.7. The number of nitrogens with zero attached hydrogens (tertiary/aromatic N) is 5. The molecule has 5 rings (SSSR count). The third-order valence-electron chi connectivity index (χ3n) is 5.98. The summed E-state index contributed by atoms with van der Waals surface area (Å²) in [6, 6.07) is 2.12. The van der Waals surface area contributed by atoms with E-state index in [9.17, 15) is 0 Å². The van der Waals surface area contributed by atoms with Crippen LogP contribution in [0.25, 0.3) is 0 Å². The number of hydrogen-bond donors (Lipinski definition) is 0. The number of hydrogen-bond acceptors (Lipinski definition) is 4. The van der Waals surface area contributed by atoms with Crippen molar-refractivity contribution < 1.29 is 0 Å². The molecule has 0 N–H and O–H groups in total. The Labute approximate surface area is 189 Å². The Hall–Kier alpha value is -1.10. The number of amidine groups is 1. The van der Waals surface area contributed by atoms with Gasteiger partial charge >= 0.3 is 191 Å². The first-order valence-electron chi connectivity index (χ1n) is 10.6. The van der Waals surface area contributed by atoms with Crippen LogP contribution in [0.4, 0.5) is 0 Å². The van der Waals surface area contributed by atoms with Crippen LogP contribution in [0.3, 0.4) is 0 Å². The molecule has 0 amide bonds. The molecule has 1 aliphatic carbocycles. The summed E-state index contributed by atoms with van der Waals surface area (Å²) in [5.41, 5.74) is 6.97. The van der Waals surface area contributed by atoms with E-state index in [0.29, 0.717) is 5.41 Å². The van der Waals surface area contributed by atoms with Crippen LogP contribution in [0.15, 0.2) is 38.8 Å². The zero-order chi connectivity index (χ0) is 20.9. The van der Waals surface area contributed by atoms with E-state index in [0.717, 1.165) is 37.2 Å². The Bertz CT molecular complexity index is 1080. The second-order valence-corrected chi connectivity index (χ2v) is 31.0. The van der Waals surface area contributed by atoms with Crippen molar-refractivity contribution in [2.24, 2.45) is 13.6 Å². The molecule has 4 heterocycles. The number of aliphatic imine (C=N–C) groups is 1. The summed E-state index contributed by atoms with van der Waals surface area (Å²) < 4.78 is 10.2. The Morgan fingerprint density at radius 2 is 2.17 bits per heavy atom. The van der Waals surface area contributed by atoms with Gasteiger partial charge in [-0.05, 0) is 0 Å². The Morgan fingerprint density at radius 1 is 1.30 bits per heavy atom. The summed E-state index contributed by atoms with van der Waals surface area (Å²) in [5, 5.41) is 5.15. The van der Waals surface area contributed by atoms with Crippen molar-refractivity contribution in [3.8, 4) is 0 Å². The molecular formula is C23H29I2N5. The predicted molar refractivity (Wildman–Crippen MR) is 142 cm³/mol. The van der Waals surface area contributed by atoms with Crippen molar-refractivity contribution in [1.29, 1.82) is 0 Å². The normalized spacial score (nSPS) is 21.9. The van der Waals surface area contributed by atoms with E-state index in [1.807, 2.05) is 12.4 Å². The average Bonchev–Trinajstić information content (AvgIpc) is 3.44. The van der Waals surface area contributed by atoms with Gasteiger partial charge in [-0.15, -0.1) is 0 Å². The van der Waals surface area contributed by atoms with E-state index in [1.165, 1.54) is 35.1 Å². The van der Waals surface area contributed by atoms with E-state index in [2.05, 4.69) is 55.6 Å². The quantitative estimate of drug-likeness (QED) is 0.233. The van der Waals surface area contributed by atoms with Crippen LogP contribution in [-0.4, -0.2) is 26.8 Å². The van der Waals surface area contributed by atoms with Gasteiger partial charge in [0.2, 0.25) is 0 Å². The van der Waals surface area contributed by atoms with Gasteiger partial charge in [0, 0.05) is 0 Å². The van der Waals surface area contributed by atoms with Crippen LogP contribution in [-0.2, 0) is 25.8 Å². The van der Waals surface area contributed by atoms with Gasteiger partial charge < -0.3 is 0 Å². The zero-order valence-electron chi connectivity index (χ0n) is 18.1. The van der Waals surface area contributed by atoms with E-state index in [1.54, 1.807) is 0 Å². The number of aryl methyl sites for hydroxylation is 1. The average molecular weight is 629 g/mol. The fourth-order valence-electron chi connectivity index (χ4n) is 4.22. The summed E-state index contributed by atoms with van der Waals surface area (Å²) in [5.74, 6) is 0.949. The van der Waals surface area contributed by atoms with Crippen molar-refractivity contribution in [2.75, 3.05) is 2.43 Å². The van der Waals surface area contributed by atoms with E-state index in [-0.39, 0.29) is 0 Å². The molecule has 1 saturated heterocycles. The third kappa shape index (κ3) is 3.80. The van der Waals surface area contributed by atoms with E-state index >= 15 is 0 Å². The van der Waals surface area contributed by atoms with Crippen molar-refractivity contribution in [3.05, 3.63) is 58.7 Å². The third-order valence-corrected chi connectivity index (χ3v) is 26.9. The van der Waals surface area contributed by atoms with Crippen molar-refractivity contribution in [2.45, 2.75) is 59.9 Å². The standard InChI is InChI=1S/C23H29I2N5/c1-5-7-8-16-10-12-26-14-18(16)22-27-21(24-15-25(24)28-22)20-17-9-11-23(3,4)13-19(17)30(6-2)29-20/h5,7,10,12,14H,6,8-9,11,13,15H2,1-4H3/b7-5-. The maximum absolute atomic E-state index is 5.24. The Morgan fingerprint density at radius 3 is 2.97 bits per heavy atom. The molecule has 7 heteroatoms. The molecular weight excluding hydrogens is 600 g/mol. The van der Waals surface area contributed by atoms with Crippen LogP contribution in [0.1, 0.15) is 62.2 Å². The van der Waals surface area contributed by atoms with Crippen LogP contribution in [0.2, 0.25) is 0 Å². The first kappa shape index (κ1) is 20.8. The number of allylic oxidation sites excluding steroid dienone is 2. The number of halogens is 2. The van der Waals surface area contributed by atoms with Gasteiger partial charge in [0.05, 0.1) is 0 Å². The van der Waals surface area contributed by atoms with Crippen molar-refractivity contribution >= 4 is 41.5 Å². The second-order valence-electron chi connectivity index (χ2n) is 8.74. The van der Waals surface area contributed by atoms with Gasteiger partial charge in [0.15, 0.2) is 0 Å². The summed E-state index contributed by atoms with van der Waals surface area (Å²) in [6.45, 7) is 10.0. The SMILES string of the molecule is C/C=C\Cc1ccncc1C1=NI2CI2C(c2nn(CC)c3c2CCC(C)(C)C3)=N1. The summed E-state index contributed by atoms with van der Waals surface area (Å²) in [6.07, 6.45) is 12.6. The Balaban J connectivity index is 1.57. The number of fused-ring (bicyclic) bond motifs is 2. The molecule has 0 bridgehead atoms. The minimum absolute atomic E-state index is 0.368. The van der Waals surface area contributed by atoms with E-state index in [4.69, 9.17) is 13.3 Å². The molecule has 0 atom stereocenters. The molecule has 0 radical (unpaired) electrons. The van der Waals surface area contributed by atoms with Gasteiger partial charge in [-0.25, -0.2) is 0 Å². The monoisotopic (exact) mass is 629 g/mol. The van der Waals surface area contributed by atoms with Crippen LogP contribution in [0, 0.1) is 5.41 Å². The second kappa shape index (κ2) is 8.11. The molecule has 3 aliphatic rings. The van der Waals surface area contributed by atoms with Crippen LogP contribution < -0.4 is 0 Å². The maximum atomic E-state index is 5.24. The molecule has 0 unspecified atom stereocenters. The number of aromatic nitrogens is 3. The molecule has 0 spiro atoms. The Kier molecular flexibility index (Phi) is 5.62. The molecule has 0 saturated carbocycles. The van der Waals surface area contributed by atoms with Gasteiger partial charge in [-0.1, -0.05) is 0 Å². The topological polar surface area (TPSA) is 55.4 Å². The first-order valence-corrected chi connectivity index (χ1v) is 22.0. The number of alkyl halides is 2. The summed E-state index contributed by atoms with van der Waals surface area (Å²) in [7, 11) is 0. The zero-order valence-corrected chi connectivity index (χ0v) is 22.4. The van der Waals surface area contributed by atoms with Crippen molar-refractivity contribution in [3.63, 3.8) is 0 Å². The summed E-state index contributed by atoms with van der Waals surface area (Å²) in [4.78, 5) is 9.65. The molecule has 30 heavy (non-hydrogen) atoms. The number of rotatable bonds is 5. The molecule has 5 nitrogen and oxygen atoms in total. The van der Waals surface area contributed by atoms with Crippen LogP contribution >= 0.6 is 32.0 Å². The molecule has 2 aromatic rings. The van der Waals surface area contributed by atoms with Gasteiger partial charge in [0.1, 0.15) is 0 Å². The first-order chi connectivity index (χ1) is 14.5. The molecule has 0 aromatic carbocycles. The molecule has 2 aliphatic heterocycles. The number of pyridine rings is 1. The van der Waals surface area contributed by atoms with Gasteiger partial charge in [-0.2, -0.15) is 0 Å². The van der Waals surface area contributed by atoms with Gasteiger partial charge in [0.25, 0.3) is 0 Å². The molecule has 160 valence electrons. The fraction of sp³-hybridized carbons (Fsp3) is 0.478. The van der Waals surface area contributed by atoms with Crippen LogP contribution in [0.5, 0.6) is 0 Å². The molecule has 1 fully saturated rings. The van der Waals surface area contributed by atoms with Gasteiger partial charge in [-0.3, -0.25) is 0 Å².